The number of likely N-dealkylation sites (tertiary alicyclic amines) is 1. The lowest BCUT2D eigenvalue weighted by atomic mass is 10.0. The fourth-order valence-corrected chi connectivity index (χ4v) is 3.96. The van der Waals surface area contributed by atoms with Crippen LogP contribution in [0.2, 0.25) is 0 Å². The van der Waals surface area contributed by atoms with Gasteiger partial charge >= 0.3 is 0 Å². The molecule has 4 rings (SSSR count). The second kappa shape index (κ2) is 10.9. The molecule has 0 bridgehead atoms. The van der Waals surface area contributed by atoms with Crippen LogP contribution in [0.5, 0.6) is 11.5 Å². The van der Waals surface area contributed by atoms with E-state index in [1.54, 1.807) is 36.5 Å². The Balaban J connectivity index is 1.24. The van der Waals surface area contributed by atoms with Crippen LogP contribution in [0, 0.1) is 12.7 Å². The van der Waals surface area contributed by atoms with Gasteiger partial charge < -0.3 is 10.1 Å². The summed E-state index contributed by atoms with van der Waals surface area (Å²) < 4.78 is 19.9. The molecule has 33 heavy (non-hydrogen) atoms. The van der Waals surface area contributed by atoms with Crippen molar-refractivity contribution >= 4 is 12.0 Å². The summed E-state index contributed by atoms with van der Waals surface area (Å²) in [5, 5.41) is 3.06. The minimum Gasteiger partial charge on any atom is -0.453 e. The van der Waals surface area contributed by atoms with Crippen LogP contribution in [0.15, 0.2) is 73.1 Å². The fraction of sp³-hybridized carbons (Fsp3) is 0.259. The van der Waals surface area contributed by atoms with Crippen molar-refractivity contribution in [1.82, 2.24) is 15.2 Å². The highest BCUT2D eigenvalue weighted by Gasteiger charge is 2.20. The molecule has 1 amide bonds. The van der Waals surface area contributed by atoms with Crippen molar-refractivity contribution in [3.63, 3.8) is 0 Å². The Kier molecular flexibility index (Phi) is 7.47. The van der Waals surface area contributed by atoms with Crippen molar-refractivity contribution < 1.29 is 13.9 Å². The topological polar surface area (TPSA) is 54.5 Å². The second-order valence-electron chi connectivity index (χ2n) is 8.36. The number of piperidine rings is 1. The maximum Gasteiger partial charge on any atom is 0.244 e. The molecular formula is C27H28FN3O2. The lowest BCUT2D eigenvalue weighted by Gasteiger charge is -2.32. The summed E-state index contributed by atoms with van der Waals surface area (Å²) in [6.07, 6.45) is 8.04. The summed E-state index contributed by atoms with van der Waals surface area (Å²) in [5.41, 5.74) is 3.19. The van der Waals surface area contributed by atoms with Gasteiger partial charge in [-0.3, -0.25) is 14.7 Å². The number of benzene rings is 2. The van der Waals surface area contributed by atoms with Crippen molar-refractivity contribution in [3.05, 3.63) is 95.6 Å². The third-order valence-electron chi connectivity index (χ3n) is 5.67. The first-order valence-electron chi connectivity index (χ1n) is 11.2. The van der Waals surface area contributed by atoms with E-state index < -0.39 is 5.82 Å². The van der Waals surface area contributed by atoms with Gasteiger partial charge in [-0.1, -0.05) is 35.9 Å². The average Bonchev–Trinajstić information content (AvgIpc) is 2.81. The molecule has 2 aromatic carbocycles. The number of aryl methyl sites for hydroxylation is 1. The van der Waals surface area contributed by atoms with Gasteiger partial charge in [-0.25, -0.2) is 4.39 Å². The van der Waals surface area contributed by atoms with Gasteiger partial charge in [-0.05, 0) is 61.2 Å². The second-order valence-corrected chi connectivity index (χ2v) is 8.36. The zero-order valence-electron chi connectivity index (χ0n) is 18.7. The lowest BCUT2D eigenvalue weighted by Crippen LogP contribution is -2.43. The number of halogens is 1. The summed E-state index contributed by atoms with van der Waals surface area (Å²) in [6.45, 7) is 4.95. The molecule has 0 radical (unpaired) electrons. The molecule has 1 fully saturated rings. The van der Waals surface area contributed by atoms with E-state index in [1.165, 1.54) is 29.5 Å². The van der Waals surface area contributed by atoms with Crippen LogP contribution in [-0.2, 0) is 11.3 Å². The Morgan fingerprint density at radius 3 is 2.76 bits per heavy atom. The monoisotopic (exact) mass is 445 g/mol. The quantitative estimate of drug-likeness (QED) is 0.513. The molecule has 0 atom stereocenters. The van der Waals surface area contributed by atoms with E-state index in [-0.39, 0.29) is 17.7 Å². The summed E-state index contributed by atoms with van der Waals surface area (Å²) in [4.78, 5) is 18.7. The van der Waals surface area contributed by atoms with Gasteiger partial charge in [-0.15, -0.1) is 0 Å². The van der Waals surface area contributed by atoms with Gasteiger partial charge in [-0.2, -0.15) is 0 Å². The Bertz CT molecular complexity index is 1110. The number of carbonyl (C=O) groups excluding carboxylic acids is 1. The minimum absolute atomic E-state index is 0.113. The van der Waals surface area contributed by atoms with Gasteiger partial charge in [0.15, 0.2) is 11.6 Å². The molecule has 1 saturated heterocycles. The van der Waals surface area contributed by atoms with E-state index in [0.717, 1.165) is 32.5 Å². The highest BCUT2D eigenvalue weighted by molar-refractivity contribution is 5.91. The molecule has 6 heteroatoms. The highest BCUT2D eigenvalue weighted by atomic mass is 19.1. The van der Waals surface area contributed by atoms with E-state index in [9.17, 15) is 9.18 Å². The number of hydrogen-bond acceptors (Lipinski definition) is 4. The number of carbonyl (C=O) groups is 1. The molecule has 170 valence electrons. The first-order valence-corrected chi connectivity index (χ1v) is 11.2. The number of pyridine rings is 1. The van der Waals surface area contributed by atoms with Crippen LogP contribution in [0.4, 0.5) is 4.39 Å². The summed E-state index contributed by atoms with van der Waals surface area (Å²) in [6, 6.07) is 16.8. The van der Waals surface area contributed by atoms with Crippen LogP contribution in [0.25, 0.3) is 6.08 Å². The smallest absolute Gasteiger partial charge is 0.244 e. The van der Waals surface area contributed by atoms with Crippen LogP contribution < -0.4 is 10.1 Å². The number of ether oxygens (including phenoxy) is 1. The zero-order valence-corrected chi connectivity index (χ0v) is 18.7. The Morgan fingerprint density at radius 1 is 1.18 bits per heavy atom. The largest absolute Gasteiger partial charge is 0.453 e. The van der Waals surface area contributed by atoms with Crippen molar-refractivity contribution in [2.75, 3.05) is 13.1 Å². The van der Waals surface area contributed by atoms with E-state index in [4.69, 9.17) is 4.74 Å². The van der Waals surface area contributed by atoms with E-state index >= 15 is 0 Å². The molecule has 1 aliphatic rings. The molecule has 5 nitrogen and oxygen atoms in total. The van der Waals surface area contributed by atoms with Crippen molar-refractivity contribution in [1.29, 1.82) is 0 Å². The van der Waals surface area contributed by atoms with Crippen molar-refractivity contribution in [3.8, 4) is 11.5 Å². The maximum absolute atomic E-state index is 14.4. The molecule has 1 aromatic heterocycles. The molecule has 1 N–H and O–H groups in total. The maximum atomic E-state index is 14.4. The molecule has 2 heterocycles. The Labute approximate surface area is 193 Å². The highest BCUT2D eigenvalue weighted by Crippen LogP contribution is 2.25. The van der Waals surface area contributed by atoms with Crippen molar-refractivity contribution in [2.24, 2.45) is 0 Å². The normalized spacial score (nSPS) is 15.0. The third kappa shape index (κ3) is 6.73. The lowest BCUT2D eigenvalue weighted by molar-refractivity contribution is -0.117. The Hall–Kier alpha value is -3.51. The molecule has 0 saturated carbocycles. The SMILES string of the molecule is Cc1cccc(CN2CCC(NC(=O)/C=C/c3ccc(Oc4cccnc4)c(F)c3)CC2)c1. The van der Waals surface area contributed by atoms with Gasteiger partial charge in [0.1, 0.15) is 5.75 Å². The summed E-state index contributed by atoms with van der Waals surface area (Å²) in [5.74, 6) is -0.0864. The van der Waals surface area contributed by atoms with Gasteiger partial charge in [0, 0.05) is 37.9 Å². The molecule has 0 aliphatic carbocycles. The van der Waals surface area contributed by atoms with Gasteiger partial charge in [0.25, 0.3) is 0 Å². The number of nitrogens with zero attached hydrogens (tertiary/aromatic N) is 2. The Morgan fingerprint density at radius 2 is 2.03 bits per heavy atom. The standard InChI is InChI=1S/C27H28FN3O2/c1-20-4-2-5-22(16-20)19-31-14-11-23(12-15-31)30-27(32)10-8-21-7-9-26(25(28)17-21)33-24-6-3-13-29-18-24/h2-10,13,16-18,23H,11-12,14-15,19H2,1H3,(H,30,32)/b10-8+. The predicted molar refractivity (Wildman–Crippen MR) is 127 cm³/mol. The van der Waals surface area contributed by atoms with Crippen LogP contribution in [0.1, 0.15) is 29.5 Å². The summed E-state index contributed by atoms with van der Waals surface area (Å²) in [7, 11) is 0. The third-order valence-corrected chi connectivity index (χ3v) is 5.67. The molecule has 0 unspecified atom stereocenters. The van der Waals surface area contributed by atoms with Crippen LogP contribution >= 0.6 is 0 Å². The fourth-order valence-electron chi connectivity index (χ4n) is 3.96. The van der Waals surface area contributed by atoms with E-state index in [2.05, 4.69) is 46.4 Å². The molecule has 3 aromatic rings. The van der Waals surface area contributed by atoms with Crippen molar-refractivity contribution in [2.45, 2.75) is 32.4 Å². The number of nitrogens with one attached hydrogen (secondary N) is 1. The number of amides is 1. The molecule has 1 aliphatic heterocycles. The van der Waals surface area contributed by atoms with Gasteiger partial charge in [0.2, 0.25) is 5.91 Å². The number of rotatable bonds is 7. The minimum atomic E-state index is -0.498. The van der Waals surface area contributed by atoms with E-state index in [0.29, 0.717) is 11.3 Å². The number of aromatic nitrogens is 1. The van der Waals surface area contributed by atoms with Crippen LogP contribution in [0.3, 0.4) is 0 Å². The van der Waals surface area contributed by atoms with Crippen LogP contribution in [-0.4, -0.2) is 34.9 Å². The number of hydrogen-bond donors (Lipinski definition) is 1. The summed E-state index contributed by atoms with van der Waals surface area (Å²) >= 11 is 0. The molecular weight excluding hydrogens is 417 g/mol. The molecule has 0 spiro atoms. The van der Waals surface area contributed by atoms with Gasteiger partial charge in [0.05, 0.1) is 6.20 Å². The zero-order chi connectivity index (χ0) is 23.0. The predicted octanol–water partition coefficient (Wildman–Crippen LogP) is 5.12. The first-order chi connectivity index (χ1) is 16.0. The first kappa shape index (κ1) is 22.7. The average molecular weight is 446 g/mol. The van der Waals surface area contributed by atoms with E-state index in [1.807, 2.05) is 0 Å².